The number of aromatic nitrogens is 2. The predicted octanol–water partition coefficient (Wildman–Crippen LogP) is -1.03. The summed E-state index contributed by atoms with van der Waals surface area (Å²) in [4.78, 5) is 41.8. The average Bonchev–Trinajstić information content (AvgIpc) is 2.73. The van der Waals surface area contributed by atoms with Crippen molar-refractivity contribution in [1.29, 1.82) is 0 Å². The Morgan fingerprint density at radius 2 is 1.84 bits per heavy atom. The first-order valence-corrected chi connectivity index (χ1v) is 8.19. The molecule has 1 aromatic heterocycles. The number of aliphatic hydroxyl groups is 1. The summed E-state index contributed by atoms with van der Waals surface area (Å²) in [5, 5.41) is 5.93. The van der Waals surface area contributed by atoms with Crippen LogP contribution in [0.3, 0.4) is 0 Å². The van der Waals surface area contributed by atoms with E-state index in [1.165, 1.54) is 6.33 Å². The van der Waals surface area contributed by atoms with Crippen molar-refractivity contribution in [3.05, 3.63) is 18.2 Å². The number of imidazole rings is 1. The molecule has 0 aliphatic rings. The van der Waals surface area contributed by atoms with Gasteiger partial charge in [0.2, 0.25) is 0 Å². The third kappa shape index (κ3) is 3.95. The fraction of sp³-hybridized carbons (Fsp3) is 0.571. The lowest BCUT2D eigenvalue weighted by molar-refractivity contribution is 0.0260. The van der Waals surface area contributed by atoms with Gasteiger partial charge in [0.25, 0.3) is 5.08 Å². The first-order chi connectivity index (χ1) is 8.58. The van der Waals surface area contributed by atoms with Crippen LogP contribution in [0.4, 0.5) is 0 Å². The highest BCUT2D eigenvalue weighted by molar-refractivity contribution is 7.72. The Morgan fingerprint density at radius 1 is 1.26 bits per heavy atom. The highest BCUT2D eigenvalue weighted by Crippen LogP contribution is 2.67. The van der Waals surface area contributed by atoms with Gasteiger partial charge in [0, 0.05) is 12.6 Å². The van der Waals surface area contributed by atoms with Crippen molar-refractivity contribution in [3.63, 3.8) is 0 Å². The molecule has 110 valence electrons. The first-order valence-electron chi connectivity index (χ1n) is 4.97. The maximum atomic E-state index is 11.0. The fourth-order valence-corrected chi connectivity index (χ4v) is 3.03. The van der Waals surface area contributed by atoms with E-state index in [-0.39, 0.29) is 13.0 Å². The predicted molar refractivity (Wildman–Crippen MR) is 62.1 cm³/mol. The van der Waals surface area contributed by atoms with Crippen LogP contribution in [-0.2, 0) is 20.3 Å². The maximum absolute atomic E-state index is 11.0. The van der Waals surface area contributed by atoms with Crippen LogP contribution in [0.5, 0.6) is 0 Å². The van der Waals surface area contributed by atoms with E-state index in [9.17, 15) is 14.2 Å². The van der Waals surface area contributed by atoms with Crippen molar-refractivity contribution in [1.82, 2.24) is 9.97 Å². The zero-order valence-corrected chi connectivity index (χ0v) is 11.4. The topological polar surface area (TPSA) is 173 Å². The molecule has 0 radical (unpaired) electrons. The van der Waals surface area contributed by atoms with E-state index >= 15 is 0 Å². The summed E-state index contributed by atoms with van der Waals surface area (Å²) in [6.45, 7) is -1.31. The van der Waals surface area contributed by atoms with Crippen LogP contribution in [-0.4, -0.2) is 52.9 Å². The van der Waals surface area contributed by atoms with Gasteiger partial charge in [0.1, 0.15) is 0 Å². The standard InChI is InChI=1S/C7H14N2O8P2/c10-7(18(11,12)13,19(14,15)16)4-17-2-1-6-3-8-5-9-6/h3,5,10H,1-2,4H2,(H,8,9)(H2,11,12,13)(H2,14,15,16). The lowest BCUT2D eigenvalue weighted by atomic mass is 10.3. The van der Waals surface area contributed by atoms with Crippen molar-refractivity contribution in [2.75, 3.05) is 13.2 Å². The number of nitrogens with zero attached hydrogens (tertiary/aromatic N) is 1. The third-order valence-corrected chi connectivity index (χ3v) is 5.97. The monoisotopic (exact) mass is 316 g/mol. The molecule has 0 aliphatic heterocycles. The number of nitrogens with one attached hydrogen (secondary N) is 1. The van der Waals surface area contributed by atoms with Gasteiger partial charge in [-0.25, -0.2) is 4.98 Å². The van der Waals surface area contributed by atoms with Crippen molar-refractivity contribution < 1.29 is 38.5 Å². The van der Waals surface area contributed by atoms with Crippen LogP contribution < -0.4 is 0 Å². The number of rotatable bonds is 7. The molecular weight excluding hydrogens is 302 g/mol. The smallest absolute Gasteiger partial charge is 0.371 e. The molecule has 1 heterocycles. The van der Waals surface area contributed by atoms with E-state index in [2.05, 4.69) is 9.97 Å². The lowest BCUT2D eigenvalue weighted by Crippen LogP contribution is -2.34. The molecule has 0 aromatic carbocycles. The highest BCUT2D eigenvalue weighted by atomic mass is 31.2. The minimum Gasteiger partial charge on any atom is -0.377 e. The SMILES string of the molecule is O=P(O)(O)C(O)(COCCc1c[nH]cn1)P(=O)(O)O. The van der Waals surface area contributed by atoms with Crippen molar-refractivity contribution in [2.45, 2.75) is 11.5 Å². The maximum Gasteiger partial charge on any atom is 0.371 e. The largest absolute Gasteiger partial charge is 0.377 e. The molecule has 0 saturated carbocycles. The van der Waals surface area contributed by atoms with Gasteiger partial charge >= 0.3 is 15.2 Å². The molecule has 6 N–H and O–H groups in total. The summed E-state index contributed by atoms with van der Waals surface area (Å²) in [6, 6.07) is 0. The highest BCUT2D eigenvalue weighted by Gasteiger charge is 2.59. The van der Waals surface area contributed by atoms with Gasteiger partial charge in [-0.1, -0.05) is 0 Å². The Kier molecular flexibility index (Phi) is 5.05. The van der Waals surface area contributed by atoms with Crippen LogP contribution in [0.15, 0.2) is 12.5 Å². The molecule has 0 saturated heterocycles. The average molecular weight is 316 g/mol. The van der Waals surface area contributed by atoms with Gasteiger partial charge < -0.3 is 34.4 Å². The van der Waals surface area contributed by atoms with Gasteiger partial charge in [0.15, 0.2) is 0 Å². The van der Waals surface area contributed by atoms with Crippen LogP contribution in [0.2, 0.25) is 0 Å². The molecule has 0 spiro atoms. The Labute approximate surface area is 107 Å². The Hall–Kier alpha value is -0.570. The summed E-state index contributed by atoms with van der Waals surface area (Å²) in [5.74, 6) is 0. The molecule has 1 rings (SSSR count). The second-order valence-corrected chi connectivity index (χ2v) is 7.73. The Morgan fingerprint density at radius 3 is 2.26 bits per heavy atom. The van der Waals surface area contributed by atoms with E-state index in [4.69, 9.17) is 24.3 Å². The van der Waals surface area contributed by atoms with Crippen molar-refractivity contribution in [2.24, 2.45) is 0 Å². The lowest BCUT2D eigenvalue weighted by Gasteiger charge is -2.28. The van der Waals surface area contributed by atoms with Gasteiger partial charge in [0.05, 0.1) is 25.2 Å². The minimum absolute atomic E-state index is 0.118. The van der Waals surface area contributed by atoms with Crippen LogP contribution in [0.1, 0.15) is 5.69 Å². The number of hydrogen-bond acceptors (Lipinski definition) is 5. The third-order valence-electron chi connectivity index (χ3n) is 2.29. The summed E-state index contributed by atoms with van der Waals surface area (Å²) in [5.41, 5.74) is 0.593. The van der Waals surface area contributed by atoms with E-state index in [1.807, 2.05) is 0 Å². The van der Waals surface area contributed by atoms with Crippen LogP contribution in [0, 0.1) is 0 Å². The molecule has 0 unspecified atom stereocenters. The Balaban J connectivity index is 2.61. The molecule has 1 aromatic rings. The van der Waals surface area contributed by atoms with Gasteiger partial charge in [-0.15, -0.1) is 0 Å². The molecule has 19 heavy (non-hydrogen) atoms. The Bertz CT molecular complexity index is 469. The summed E-state index contributed by atoms with van der Waals surface area (Å²) < 4.78 is 26.7. The number of hydrogen-bond donors (Lipinski definition) is 6. The zero-order chi connectivity index (χ0) is 14.7. The normalized spacial score (nSPS) is 13.7. The summed E-state index contributed by atoms with van der Waals surface area (Å²) in [6.07, 6.45) is 3.22. The molecule has 0 amide bonds. The molecule has 0 atom stereocenters. The van der Waals surface area contributed by atoms with E-state index < -0.39 is 26.9 Å². The van der Waals surface area contributed by atoms with E-state index in [1.54, 1.807) is 6.20 Å². The molecule has 10 nitrogen and oxygen atoms in total. The van der Waals surface area contributed by atoms with Gasteiger partial charge in [-0.05, 0) is 0 Å². The first kappa shape index (κ1) is 16.5. The molecule has 0 bridgehead atoms. The number of aromatic amines is 1. The second-order valence-electron chi connectivity index (χ2n) is 3.73. The zero-order valence-electron chi connectivity index (χ0n) is 9.58. The van der Waals surface area contributed by atoms with Crippen molar-refractivity contribution in [3.8, 4) is 0 Å². The number of ether oxygens (including phenoxy) is 1. The molecular formula is C7H14N2O8P2. The van der Waals surface area contributed by atoms with Gasteiger partial charge in [-0.3, -0.25) is 9.13 Å². The quantitative estimate of drug-likeness (QED) is 0.271. The second kappa shape index (κ2) is 5.82. The summed E-state index contributed by atoms with van der Waals surface area (Å²) in [7, 11) is -10.9. The number of H-pyrrole nitrogens is 1. The fourth-order valence-electron chi connectivity index (χ4n) is 1.15. The summed E-state index contributed by atoms with van der Waals surface area (Å²) >= 11 is 0. The molecule has 0 aliphatic carbocycles. The van der Waals surface area contributed by atoms with Crippen LogP contribution >= 0.6 is 15.2 Å². The molecule has 0 fully saturated rings. The molecule has 12 heteroatoms. The minimum atomic E-state index is -5.46. The van der Waals surface area contributed by atoms with E-state index in [0.29, 0.717) is 5.69 Å². The van der Waals surface area contributed by atoms with E-state index in [0.717, 1.165) is 0 Å². The van der Waals surface area contributed by atoms with Crippen molar-refractivity contribution >= 4 is 15.2 Å². The van der Waals surface area contributed by atoms with Gasteiger partial charge in [-0.2, -0.15) is 0 Å². The van der Waals surface area contributed by atoms with Crippen LogP contribution in [0.25, 0.3) is 0 Å².